The monoisotopic (exact) mass is 688 g/mol. The molecule has 0 heterocycles. The van der Waals surface area contributed by atoms with Crippen LogP contribution in [-0.4, -0.2) is 103 Å². The third kappa shape index (κ3) is 13.7. The highest BCUT2D eigenvalue weighted by molar-refractivity contribution is 6.02. The van der Waals surface area contributed by atoms with Gasteiger partial charge in [-0.05, 0) is 76.2 Å². The van der Waals surface area contributed by atoms with E-state index in [1.165, 1.54) is 40.0 Å². The zero-order chi connectivity index (χ0) is 37.8. The molecule has 0 saturated carbocycles. The van der Waals surface area contributed by atoms with E-state index < -0.39 is 11.1 Å². The molecular weight excluding hydrogens is 628 g/mol. The molecule has 0 aliphatic rings. The van der Waals surface area contributed by atoms with Crippen LogP contribution in [0.5, 0.6) is 0 Å². The summed E-state index contributed by atoms with van der Waals surface area (Å²) < 4.78 is 17.0. The average Bonchev–Trinajstić information content (AvgIpc) is 3.01. The molecule has 2 atom stereocenters. The van der Waals surface area contributed by atoms with Gasteiger partial charge in [-0.3, -0.25) is 24.0 Å². The maximum Gasteiger partial charge on any atom is 0.221 e. The van der Waals surface area contributed by atoms with Crippen molar-refractivity contribution in [2.45, 2.75) is 104 Å². The summed E-state index contributed by atoms with van der Waals surface area (Å²) in [4.78, 5) is 66.7. The van der Waals surface area contributed by atoms with Crippen molar-refractivity contribution in [3.63, 3.8) is 0 Å². The van der Waals surface area contributed by atoms with Gasteiger partial charge in [0, 0.05) is 47.5 Å². The summed E-state index contributed by atoms with van der Waals surface area (Å²) in [5.41, 5.74) is 0.336. The smallest absolute Gasteiger partial charge is 0.221 e. The van der Waals surface area contributed by atoms with Gasteiger partial charge in [0.25, 0.3) is 0 Å². The summed E-state index contributed by atoms with van der Waals surface area (Å²) in [6.45, 7) is 19.9. The second-order valence-corrected chi connectivity index (χ2v) is 12.4. The highest BCUT2D eigenvalue weighted by Gasteiger charge is 2.57. The van der Waals surface area contributed by atoms with E-state index in [2.05, 4.69) is 13.2 Å². The van der Waals surface area contributed by atoms with Crippen LogP contribution in [0.25, 0.3) is 0 Å². The molecule has 276 valence electrons. The SMILES string of the molecule is C=CCC(CC)(N(COC)C(C)=O)C(CC)(CC(=C)COC)N(COCC=C(C)CC(=O)/C=C(\CCO)CC(=O)/C=C(/C)C(C)=O)C(C)=O. The minimum Gasteiger partial charge on any atom is -0.396 e. The van der Waals surface area contributed by atoms with Crippen molar-refractivity contribution >= 4 is 29.2 Å². The number of Topliss-reactive ketones (excluding diaryl/α,β-unsaturated/α-hetero) is 1. The summed E-state index contributed by atoms with van der Waals surface area (Å²) >= 11 is 0. The molecule has 0 aromatic rings. The number of hydrogen-bond acceptors (Lipinski definition) is 9. The van der Waals surface area contributed by atoms with Crippen LogP contribution in [0.2, 0.25) is 0 Å². The van der Waals surface area contributed by atoms with Gasteiger partial charge in [-0.1, -0.05) is 43.7 Å². The fourth-order valence-corrected chi connectivity index (χ4v) is 6.38. The summed E-state index contributed by atoms with van der Waals surface area (Å²) in [7, 11) is 3.09. The van der Waals surface area contributed by atoms with E-state index in [1.807, 2.05) is 13.8 Å². The number of rotatable bonds is 26. The molecule has 0 rings (SSSR count). The van der Waals surface area contributed by atoms with Crippen LogP contribution in [0.1, 0.15) is 93.4 Å². The molecule has 11 heteroatoms. The van der Waals surface area contributed by atoms with Crippen LogP contribution in [0.15, 0.2) is 59.8 Å². The Hall–Kier alpha value is -3.51. The van der Waals surface area contributed by atoms with Gasteiger partial charge in [0.2, 0.25) is 11.8 Å². The molecule has 0 aromatic carbocycles. The number of ether oxygens (including phenoxy) is 3. The number of ketones is 3. The molecule has 0 aromatic heterocycles. The fraction of sp³-hybridized carbons (Fsp3) is 0.605. The largest absolute Gasteiger partial charge is 0.396 e. The lowest BCUT2D eigenvalue weighted by molar-refractivity contribution is -0.175. The molecule has 0 saturated heterocycles. The molecule has 11 nitrogen and oxygen atoms in total. The molecule has 49 heavy (non-hydrogen) atoms. The Morgan fingerprint density at radius 2 is 1.39 bits per heavy atom. The highest BCUT2D eigenvalue weighted by atomic mass is 16.5. The molecule has 1 N–H and O–H groups in total. The number of nitrogens with zero attached hydrogens (tertiary/aromatic N) is 2. The van der Waals surface area contributed by atoms with Gasteiger partial charge in [-0.15, -0.1) is 6.58 Å². The van der Waals surface area contributed by atoms with Crippen molar-refractivity contribution in [3.05, 3.63) is 59.8 Å². The first kappa shape index (κ1) is 45.5. The Labute approximate surface area is 293 Å². The van der Waals surface area contributed by atoms with Crippen molar-refractivity contribution in [1.29, 1.82) is 0 Å². The summed E-state index contributed by atoms with van der Waals surface area (Å²) in [6, 6.07) is 0. The molecule has 0 radical (unpaired) electrons. The van der Waals surface area contributed by atoms with Crippen LogP contribution >= 0.6 is 0 Å². The third-order valence-electron chi connectivity index (χ3n) is 8.82. The lowest BCUT2D eigenvalue weighted by Gasteiger charge is -2.59. The minimum atomic E-state index is -0.986. The first-order valence-electron chi connectivity index (χ1n) is 16.7. The molecule has 2 amide bonds. The quantitative estimate of drug-likeness (QED) is 0.0545. The number of methoxy groups -OCH3 is 2. The molecule has 0 aliphatic heterocycles. The van der Waals surface area contributed by atoms with Gasteiger partial charge < -0.3 is 29.1 Å². The van der Waals surface area contributed by atoms with E-state index in [9.17, 15) is 29.1 Å². The zero-order valence-electron chi connectivity index (χ0n) is 31.3. The van der Waals surface area contributed by atoms with E-state index in [1.54, 1.807) is 42.9 Å². The average molecular weight is 689 g/mol. The van der Waals surface area contributed by atoms with Crippen LogP contribution in [-0.2, 0) is 38.2 Å². The van der Waals surface area contributed by atoms with Crippen LogP contribution < -0.4 is 0 Å². The van der Waals surface area contributed by atoms with Crippen molar-refractivity contribution in [2.24, 2.45) is 0 Å². The van der Waals surface area contributed by atoms with Crippen LogP contribution in [0.3, 0.4) is 0 Å². The number of aliphatic hydroxyl groups excluding tert-OH is 1. The molecule has 0 aliphatic carbocycles. The lowest BCUT2D eigenvalue weighted by atomic mass is 9.65. The van der Waals surface area contributed by atoms with Crippen molar-refractivity contribution in [1.82, 2.24) is 9.80 Å². The summed E-state index contributed by atoms with van der Waals surface area (Å²) in [6.07, 6.45) is 7.89. The van der Waals surface area contributed by atoms with Gasteiger partial charge in [-0.25, -0.2) is 0 Å². The van der Waals surface area contributed by atoms with Crippen molar-refractivity contribution in [3.8, 4) is 0 Å². The Kier molecular flexibility index (Phi) is 21.3. The normalized spacial score (nSPS) is 14.8. The number of aliphatic hydroxyl groups is 1. The van der Waals surface area contributed by atoms with E-state index in [0.717, 1.165) is 5.57 Å². The van der Waals surface area contributed by atoms with E-state index in [-0.39, 0.29) is 81.7 Å². The maximum absolute atomic E-state index is 13.5. The van der Waals surface area contributed by atoms with Crippen LogP contribution in [0, 0.1) is 0 Å². The van der Waals surface area contributed by atoms with E-state index in [4.69, 9.17) is 14.2 Å². The third-order valence-corrected chi connectivity index (χ3v) is 8.82. The number of hydrogen-bond donors (Lipinski definition) is 1. The Morgan fingerprint density at radius 1 is 0.816 bits per heavy atom. The van der Waals surface area contributed by atoms with Crippen molar-refractivity contribution < 1.29 is 43.3 Å². The maximum atomic E-state index is 13.5. The van der Waals surface area contributed by atoms with Crippen LogP contribution in [0.4, 0.5) is 0 Å². The van der Waals surface area contributed by atoms with Crippen molar-refractivity contribution in [2.75, 3.05) is 47.5 Å². The van der Waals surface area contributed by atoms with Gasteiger partial charge in [-0.2, -0.15) is 0 Å². The van der Waals surface area contributed by atoms with E-state index in [0.29, 0.717) is 42.4 Å². The number of allylic oxidation sites excluding steroid dienone is 4. The topological polar surface area (TPSA) is 140 Å². The molecule has 0 spiro atoms. The first-order chi connectivity index (χ1) is 23.1. The first-order valence-corrected chi connectivity index (χ1v) is 16.7. The van der Waals surface area contributed by atoms with Gasteiger partial charge in [0.05, 0.1) is 24.3 Å². The minimum absolute atomic E-state index is 0.00939. The highest BCUT2D eigenvalue weighted by Crippen LogP contribution is 2.46. The zero-order valence-corrected chi connectivity index (χ0v) is 31.3. The number of carbonyl (C=O) groups excluding carboxylic acids is 5. The Bertz CT molecular complexity index is 1270. The predicted molar refractivity (Wildman–Crippen MR) is 191 cm³/mol. The second-order valence-electron chi connectivity index (χ2n) is 12.4. The van der Waals surface area contributed by atoms with Gasteiger partial charge >= 0.3 is 0 Å². The lowest BCUT2D eigenvalue weighted by Crippen LogP contribution is -2.72. The molecular formula is C38H60N2O9. The predicted octanol–water partition coefficient (Wildman–Crippen LogP) is 5.44. The molecule has 0 bridgehead atoms. The Balaban J connectivity index is 6.38. The summed E-state index contributed by atoms with van der Waals surface area (Å²) in [5.74, 6) is -1.25. The Morgan fingerprint density at radius 3 is 1.86 bits per heavy atom. The van der Waals surface area contributed by atoms with Gasteiger partial charge in [0.1, 0.15) is 13.5 Å². The van der Waals surface area contributed by atoms with E-state index >= 15 is 0 Å². The number of carbonyl (C=O) groups is 5. The molecule has 0 fully saturated rings. The molecule has 2 unspecified atom stereocenters. The number of amides is 2. The van der Waals surface area contributed by atoms with Gasteiger partial charge in [0.15, 0.2) is 17.3 Å². The standard InChI is InChI=1S/C38H60N2O9/c1-12-17-37(13-2,39(26-48-11)32(8)43)38(14-3,24-29(5)25-47-10)40(33(9)44)27-49-19-16-28(4)20-35(45)22-34(15-18-41)23-36(46)21-30(6)31(7)42/h12,16,21-22,41H,1,5,13-15,17-20,23-27H2,2-4,6-11H3/b28-16?,30-21-,34-22+. The second kappa shape index (κ2) is 23.0. The fourth-order valence-electron chi connectivity index (χ4n) is 6.38. The summed E-state index contributed by atoms with van der Waals surface area (Å²) in [5, 5.41) is 9.44.